The van der Waals surface area contributed by atoms with Crippen LogP contribution in [0, 0.1) is 6.92 Å². The van der Waals surface area contributed by atoms with Crippen LogP contribution < -0.4 is 14.7 Å². The Bertz CT molecular complexity index is 3590. The van der Waals surface area contributed by atoms with Crippen molar-refractivity contribution >= 4 is 79.2 Å². The summed E-state index contributed by atoms with van der Waals surface area (Å²) in [6.07, 6.45) is 12.2. The lowest BCUT2D eigenvalue weighted by Gasteiger charge is -2.40. The highest BCUT2D eigenvalue weighted by molar-refractivity contribution is 6.05. The van der Waals surface area contributed by atoms with Gasteiger partial charge in [-0.2, -0.15) is 0 Å². The minimum atomic E-state index is 0.592. The maximum atomic E-state index is 2.52. The maximum absolute atomic E-state index is 2.52. The van der Waals surface area contributed by atoms with Crippen LogP contribution in [0.5, 0.6) is 0 Å². The highest BCUT2D eigenvalue weighted by Crippen LogP contribution is 2.54. The van der Waals surface area contributed by atoms with E-state index in [-0.39, 0.29) is 0 Å². The summed E-state index contributed by atoms with van der Waals surface area (Å²) < 4.78 is 0. The lowest BCUT2D eigenvalue weighted by molar-refractivity contribution is 0.725. The van der Waals surface area contributed by atoms with Crippen molar-refractivity contribution in [1.29, 1.82) is 0 Å². The number of hydrogen-bond donors (Lipinski definition) is 0. The Morgan fingerprint density at radius 1 is 0.429 bits per heavy atom. The smallest absolute Gasteiger partial charge is 0.0703 e. The lowest BCUT2D eigenvalue weighted by Crippen LogP contribution is -2.24. The average molecular weight is 902 g/mol. The zero-order chi connectivity index (χ0) is 46.5. The number of benzene rings is 10. The zero-order valence-corrected chi connectivity index (χ0v) is 39.7. The van der Waals surface area contributed by atoms with Gasteiger partial charge in [-0.1, -0.05) is 165 Å². The molecule has 3 nitrogen and oxygen atoms in total. The van der Waals surface area contributed by atoms with Gasteiger partial charge in [0, 0.05) is 29.3 Å². The number of fused-ring (bicyclic) bond motifs is 5. The first-order chi connectivity index (χ1) is 34.6. The topological polar surface area (TPSA) is 9.72 Å². The molecule has 10 aromatic rings. The van der Waals surface area contributed by atoms with Gasteiger partial charge in [-0.25, -0.2) is 0 Å². The van der Waals surface area contributed by atoms with E-state index in [2.05, 4.69) is 246 Å². The molecule has 0 amide bonds. The normalized spacial score (nSPS) is 14.6. The van der Waals surface area contributed by atoms with E-state index in [0.29, 0.717) is 5.92 Å². The third kappa shape index (κ3) is 7.45. The number of hydrogen-bond acceptors (Lipinski definition) is 3. The van der Waals surface area contributed by atoms with Crippen molar-refractivity contribution in [2.75, 3.05) is 21.2 Å². The average Bonchev–Trinajstić information content (AvgIpc) is 3.97. The molecule has 2 heterocycles. The van der Waals surface area contributed by atoms with Crippen LogP contribution in [0.3, 0.4) is 0 Å². The summed E-state index contributed by atoms with van der Waals surface area (Å²) in [5.41, 5.74) is 21.6. The molecule has 70 heavy (non-hydrogen) atoms. The summed E-state index contributed by atoms with van der Waals surface area (Å²) in [5, 5.41) is 4.96. The Balaban J connectivity index is 0.801. The van der Waals surface area contributed by atoms with E-state index in [4.69, 9.17) is 0 Å². The number of para-hydroxylation sites is 6. The van der Waals surface area contributed by atoms with E-state index < -0.39 is 0 Å². The van der Waals surface area contributed by atoms with Crippen LogP contribution in [0.2, 0.25) is 0 Å². The molecule has 0 saturated heterocycles. The van der Waals surface area contributed by atoms with Gasteiger partial charge in [0.1, 0.15) is 0 Å². The minimum absolute atomic E-state index is 0.592. The highest BCUT2D eigenvalue weighted by Gasteiger charge is 2.30. The van der Waals surface area contributed by atoms with Gasteiger partial charge in [0.2, 0.25) is 0 Å². The molecule has 3 heteroatoms. The molecule has 10 aromatic carbocycles. The van der Waals surface area contributed by atoms with Crippen LogP contribution in [-0.4, -0.2) is 6.54 Å². The van der Waals surface area contributed by atoms with Crippen molar-refractivity contribution in [3.8, 4) is 22.3 Å². The summed E-state index contributed by atoms with van der Waals surface area (Å²) in [6, 6.07) is 78.9. The van der Waals surface area contributed by atoms with Crippen molar-refractivity contribution in [2.24, 2.45) is 0 Å². The van der Waals surface area contributed by atoms with E-state index in [9.17, 15) is 0 Å². The predicted molar refractivity (Wildman–Crippen MR) is 298 cm³/mol. The second-order valence-electron chi connectivity index (χ2n) is 19.5. The third-order valence-electron chi connectivity index (χ3n) is 15.3. The zero-order valence-electron chi connectivity index (χ0n) is 39.7. The maximum Gasteiger partial charge on any atom is 0.0703 e. The molecule has 0 radical (unpaired) electrons. The highest BCUT2D eigenvalue weighted by atomic mass is 15.3. The first kappa shape index (κ1) is 42.0. The van der Waals surface area contributed by atoms with E-state index in [1.165, 1.54) is 115 Å². The first-order valence-corrected chi connectivity index (χ1v) is 25.3. The second kappa shape index (κ2) is 17.7. The van der Waals surface area contributed by atoms with Gasteiger partial charge >= 0.3 is 0 Å². The largest absolute Gasteiger partial charge is 0.341 e. The minimum Gasteiger partial charge on any atom is -0.341 e. The van der Waals surface area contributed by atoms with Gasteiger partial charge < -0.3 is 14.7 Å². The molecule has 2 aliphatic heterocycles. The van der Waals surface area contributed by atoms with Crippen LogP contribution in [-0.2, 0) is 6.42 Å². The van der Waals surface area contributed by atoms with Gasteiger partial charge in [-0.05, 0) is 183 Å². The van der Waals surface area contributed by atoms with Gasteiger partial charge in [0.15, 0.2) is 0 Å². The van der Waals surface area contributed by atoms with E-state index in [1.807, 2.05) is 0 Å². The molecule has 0 spiro atoms. The molecule has 338 valence electrons. The molecule has 1 fully saturated rings. The van der Waals surface area contributed by atoms with Crippen LogP contribution in [0.1, 0.15) is 65.8 Å². The summed E-state index contributed by atoms with van der Waals surface area (Å²) in [7, 11) is 0. The van der Waals surface area contributed by atoms with Crippen molar-refractivity contribution in [1.82, 2.24) is 0 Å². The van der Waals surface area contributed by atoms with Crippen LogP contribution >= 0.6 is 0 Å². The second-order valence-corrected chi connectivity index (χ2v) is 19.5. The van der Waals surface area contributed by atoms with Gasteiger partial charge in [-0.15, -0.1) is 0 Å². The quantitative estimate of drug-likeness (QED) is 0.141. The SMILES string of the molecule is Cc1cc(N2CCCc3ccccc32)ccc1-c1ccc(/C=C/c2ccc(-c3ccc4cc(N5c6ccccc6N(c6ccccc6)c6ccccc65)ccc4c3)c3ccccc23)cc1C1CCCC1. The van der Waals surface area contributed by atoms with Crippen molar-refractivity contribution < 1.29 is 0 Å². The molecule has 3 aliphatic rings. The number of anilines is 8. The fraction of sp³-hybridized carbons (Fsp3) is 0.134. The number of nitrogens with zero attached hydrogens (tertiary/aromatic N) is 3. The summed E-state index contributed by atoms with van der Waals surface area (Å²) in [4.78, 5) is 7.31. The monoisotopic (exact) mass is 901 g/mol. The molecule has 0 N–H and O–H groups in total. The Morgan fingerprint density at radius 2 is 1.04 bits per heavy atom. The summed E-state index contributed by atoms with van der Waals surface area (Å²) in [6.45, 7) is 3.37. The van der Waals surface area contributed by atoms with E-state index in [1.54, 1.807) is 0 Å². The van der Waals surface area contributed by atoms with Gasteiger partial charge in [0.05, 0.1) is 22.7 Å². The van der Waals surface area contributed by atoms with Crippen LogP contribution in [0.15, 0.2) is 212 Å². The molecule has 1 aliphatic carbocycles. The molecule has 13 rings (SSSR count). The fourth-order valence-electron chi connectivity index (χ4n) is 11.9. The third-order valence-corrected chi connectivity index (χ3v) is 15.3. The lowest BCUT2D eigenvalue weighted by atomic mass is 9.86. The standard InChI is InChI=1S/C67H55N3/c1-46-42-55(68-41-15-19-50-18-7-10-24-63(50)68)37-40-57(46)61-38-30-47(43-62(61)48-16-5-6-17-48)29-31-49-35-39-59(60-23-9-8-22-58(49)60)53-33-32-52-45-56(36-34-51(52)44-53)70-66-27-13-11-25-64(66)69(54-20-3-2-4-21-54)65-26-12-14-28-67(65)70/h2-4,7-14,18,20-40,42-45,48H,5-6,15-17,19,41H2,1H3/b31-29+. The molecule has 0 aromatic heterocycles. The van der Waals surface area contributed by atoms with E-state index in [0.717, 1.165) is 47.1 Å². The van der Waals surface area contributed by atoms with Gasteiger partial charge in [-0.3, -0.25) is 0 Å². The van der Waals surface area contributed by atoms with Crippen molar-refractivity contribution in [2.45, 2.75) is 51.4 Å². The number of aryl methyl sites for hydroxylation is 2. The van der Waals surface area contributed by atoms with Crippen LogP contribution in [0.25, 0.3) is 56.0 Å². The predicted octanol–water partition coefficient (Wildman–Crippen LogP) is 18.8. The Hall–Kier alpha value is -8.14. The van der Waals surface area contributed by atoms with Crippen molar-refractivity contribution in [3.05, 3.63) is 240 Å². The van der Waals surface area contributed by atoms with Gasteiger partial charge in [0.25, 0.3) is 0 Å². The van der Waals surface area contributed by atoms with Crippen molar-refractivity contribution in [3.63, 3.8) is 0 Å². The molecule has 0 unspecified atom stereocenters. The van der Waals surface area contributed by atoms with Crippen LogP contribution in [0.4, 0.5) is 45.5 Å². The number of rotatable bonds is 8. The van der Waals surface area contributed by atoms with E-state index >= 15 is 0 Å². The molecule has 1 saturated carbocycles. The Morgan fingerprint density at radius 3 is 1.80 bits per heavy atom. The molecular weight excluding hydrogens is 847 g/mol. The molecule has 0 bridgehead atoms. The molecular formula is C67H55N3. The Kier molecular flexibility index (Phi) is 10.6. The summed E-state index contributed by atoms with van der Waals surface area (Å²) >= 11 is 0. The first-order valence-electron chi connectivity index (χ1n) is 25.3. The summed E-state index contributed by atoms with van der Waals surface area (Å²) in [5.74, 6) is 0.592. The molecule has 0 atom stereocenters. The Labute approximate surface area is 412 Å². The fourth-order valence-corrected chi connectivity index (χ4v) is 11.9.